The number of pyridine rings is 1. The largest absolute Gasteiger partial charge is 0.497 e. The van der Waals surface area contributed by atoms with Crippen molar-refractivity contribution in [2.24, 2.45) is 0 Å². The van der Waals surface area contributed by atoms with Crippen LogP contribution in [0.1, 0.15) is 25.1 Å². The van der Waals surface area contributed by atoms with Gasteiger partial charge in [-0.25, -0.2) is 4.98 Å². The minimum Gasteiger partial charge on any atom is -0.497 e. The number of ether oxygens (including phenoxy) is 1. The first-order valence-corrected chi connectivity index (χ1v) is 7.51. The number of benzene rings is 1. The molecule has 0 radical (unpaired) electrons. The molecule has 1 unspecified atom stereocenters. The van der Waals surface area contributed by atoms with Crippen molar-refractivity contribution in [2.45, 2.75) is 19.4 Å². The third-order valence-electron chi connectivity index (χ3n) is 3.66. The van der Waals surface area contributed by atoms with Crippen LogP contribution < -0.4 is 4.74 Å². The smallest absolute Gasteiger partial charge is 0.137 e. The van der Waals surface area contributed by atoms with Gasteiger partial charge in [-0.2, -0.15) is 0 Å². The minimum absolute atomic E-state index is 0.595. The Morgan fingerprint density at radius 2 is 2.14 bits per heavy atom. The van der Waals surface area contributed by atoms with Gasteiger partial charge < -0.3 is 9.84 Å². The van der Waals surface area contributed by atoms with E-state index < -0.39 is 6.10 Å². The van der Waals surface area contributed by atoms with Crippen LogP contribution in [-0.4, -0.2) is 21.6 Å². The van der Waals surface area contributed by atoms with Crippen molar-refractivity contribution in [2.75, 3.05) is 7.11 Å². The third kappa shape index (κ3) is 2.56. The van der Waals surface area contributed by atoms with Gasteiger partial charge in [-0.3, -0.25) is 4.40 Å². The molecule has 4 nitrogen and oxygen atoms in total. The predicted octanol–water partition coefficient (Wildman–Crippen LogP) is 4.11. The predicted molar refractivity (Wildman–Crippen MR) is 87.4 cm³/mol. The van der Waals surface area contributed by atoms with Crippen molar-refractivity contribution >= 4 is 17.2 Å². The van der Waals surface area contributed by atoms with Gasteiger partial charge >= 0.3 is 0 Å². The lowest BCUT2D eigenvalue weighted by Gasteiger charge is -2.11. The second-order valence-electron chi connectivity index (χ2n) is 5.08. The first kappa shape index (κ1) is 14.9. The Morgan fingerprint density at radius 1 is 1.32 bits per heavy atom. The van der Waals surface area contributed by atoms with Crippen LogP contribution in [0, 0.1) is 0 Å². The van der Waals surface area contributed by atoms with E-state index >= 15 is 0 Å². The highest BCUT2D eigenvalue weighted by Gasteiger charge is 2.20. The summed E-state index contributed by atoms with van der Waals surface area (Å²) in [5.41, 5.74) is 3.15. The highest BCUT2D eigenvalue weighted by molar-refractivity contribution is 6.30. The van der Waals surface area contributed by atoms with E-state index in [2.05, 4.69) is 4.98 Å². The van der Waals surface area contributed by atoms with Crippen LogP contribution in [-0.2, 0) is 0 Å². The summed E-state index contributed by atoms with van der Waals surface area (Å²) in [5.74, 6) is 0.754. The van der Waals surface area contributed by atoms with Crippen molar-refractivity contribution in [3.8, 4) is 17.0 Å². The van der Waals surface area contributed by atoms with Crippen molar-refractivity contribution in [1.82, 2.24) is 9.38 Å². The summed E-state index contributed by atoms with van der Waals surface area (Å²) in [6.45, 7) is 1.93. The quantitative estimate of drug-likeness (QED) is 0.788. The van der Waals surface area contributed by atoms with E-state index in [1.807, 2.05) is 41.7 Å². The van der Waals surface area contributed by atoms with Crippen LogP contribution in [0.5, 0.6) is 5.75 Å². The maximum atomic E-state index is 10.4. The van der Waals surface area contributed by atoms with Crippen molar-refractivity contribution in [3.63, 3.8) is 0 Å². The Kier molecular flexibility index (Phi) is 4.05. The van der Waals surface area contributed by atoms with E-state index in [-0.39, 0.29) is 0 Å². The van der Waals surface area contributed by atoms with Crippen molar-refractivity contribution in [1.29, 1.82) is 0 Å². The number of rotatable bonds is 4. The van der Waals surface area contributed by atoms with E-state index in [4.69, 9.17) is 16.3 Å². The Labute approximate surface area is 133 Å². The summed E-state index contributed by atoms with van der Waals surface area (Å²) in [4.78, 5) is 4.66. The Morgan fingerprint density at radius 3 is 2.86 bits per heavy atom. The van der Waals surface area contributed by atoms with E-state index in [9.17, 15) is 5.11 Å². The summed E-state index contributed by atoms with van der Waals surface area (Å²) in [6.07, 6.45) is 1.76. The number of hydrogen-bond donors (Lipinski definition) is 1. The van der Waals surface area contributed by atoms with Crippen LogP contribution >= 0.6 is 11.6 Å². The average molecular weight is 317 g/mol. The maximum absolute atomic E-state index is 10.4. The van der Waals surface area contributed by atoms with Gasteiger partial charge in [-0.15, -0.1) is 0 Å². The van der Waals surface area contributed by atoms with E-state index in [0.29, 0.717) is 11.4 Å². The van der Waals surface area contributed by atoms with Crippen LogP contribution in [0.4, 0.5) is 0 Å². The summed E-state index contributed by atoms with van der Waals surface area (Å²) in [7, 11) is 1.63. The summed E-state index contributed by atoms with van der Waals surface area (Å²) in [6, 6.07) is 11.3. The van der Waals surface area contributed by atoms with Gasteiger partial charge in [0.15, 0.2) is 0 Å². The van der Waals surface area contributed by atoms with Crippen LogP contribution in [0.3, 0.4) is 0 Å². The van der Waals surface area contributed by atoms with E-state index in [1.54, 1.807) is 19.4 Å². The summed E-state index contributed by atoms with van der Waals surface area (Å²) < 4.78 is 7.13. The lowest BCUT2D eigenvalue weighted by Crippen LogP contribution is -2.02. The van der Waals surface area contributed by atoms with Gasteiger partial charge in [0.1, 0.15) is 11.4 Å². The molecule has 114 valence electrons. The monoisotopic (exact) mass is 316 g/mol. The Bertz CT molecular complexity index is 814. The number of nitrogens with zero attached hydrogens (tertiary/aromatic N) is 2. The van der Waals surface area contributed by atoms with Crippen molar-refractivity contribution < 1.29 is 9.84 Å². The number of hydrogen-bond acceptors (Lipinski definition) is 3. The molecule has 0 saturated heterocycles. The second kappa shape index (κ2) is 5.99. The van der Waals surface area contributed by atoms with Crippen LogP contribution in [0.25, 0.3) is 16.9 Å². The third-order valence-corrected chi connectivity index (χ3v) is 3.89. The normalized spacial score (nSPS) is 12.5. The van der Waals surface area contributed by atoms with E-state index in [1.165, 1.54) is 0 Å². The molecule has 2 heterocycles. The molecule has 1 N–H and O–H groups in total. The Balaban J connectivity index is 2.27. The fourth-order valence-electron chi connectivity index (χ4n) is 2.53. The topological polar surface area (TPSA) is 46.8 Å². The van der Waals surface area contributed by atoms with Gasteiger partial charge in [-0.1, -0.05) is 30.7 Å². The fourth-order valence-corrected chi connectivity index (χ4v) is 2.69. The SMILES string of the molecule is CCC(O)c1c(-c2cccc(OC)c2)nc2ccc(Cl)cn12. The van der Waals surface area contributed by atoms with Crippen LogP contribution in [0.2, 0.25) is 5.02 Å². The van der Waals surface area contributed by atoms with Gasteiger partial charge in [0.25, 0.3) is 0 Å². The molecule has 0 bridgehead atoms. The number of aliphatic hydroxyl groups excluding tert-OH is 1. The summed E-state index contributed by atoms with van der Waals surface area (Å²) >= 11 is 6.09. The number of halogens is 1. The molecule has 5 heteroatoms. The molecule has 1 atom stereocenters. The molecule has 0 fully saturated rings. The molecule has 0 aliphatic rings. The molecule has 22 heavy (non-hydrogen) atoms. The molecular formula is C17H17ClN2O2. The lowest BCUT2D eigenvalue weighted by molar-refractivity contribution is 0.168. The van der Waals surface area contributed by atoms with Crippen LogP contribution in [0.15, 0.2) is 42.6 Å². The second-order valence-corrected chi connectivity index (χ2v) is 5.51. The van der Waals surface area contributed by atoms with Crippen molar-refractivity contribution in [3.05, 3.63) is 53.3 Å². The molecular weight excluding hydrogens is 300 g/mol. The molecule has 3 aromatic rings. The fraction of sp³-hybridized carbons (Fsp3) is 0.235. The van der Waals surface area contributed by atoms with Gasteiger partial charge in [0.05, 0.1) is 29.6 Å². The zero-order valence-electron chi connectivity index (χ0n) is 12.5. The highest BCUT2D eigenvalue weighted by atomic mass is 35.5. The standard InChI is InChI=1S/C17H17ClN2O2/c1-3-14(21)17-16(11-5-4-6-13(9-11)22-2)19-15-8-7-12(18)10-20(15)17/h4-10,14,21H,3H2,1-2H3. The Hall–Kier alpha value is -2.04. The molecule has 0 spiro atoms. The first-order chi connectivity index (χ1) is 10.6. The van der Waals surface area contributed by atoms with Gasteiger partial charge in [0.2, 0.25) is 0 Å². The number of aromatic nitrogens is 2. The molecule has 0 aliphatic heterocycles. The number of methoxy groups -OCH3 is 1. The highest BCUT2D eigenvalue weighted by Crippen LogP contribution is 2.32. The molecule has 0 saturated carbocycles. The average Bonchev–Trinajstić information content (AvgIpc) is 2.92. The van der Waals surface area contributed by atoms with Gasteiger partial charge in [0, 0.05) is 11.8 Å². The molecule has 3 rings (SSSR count). The lowest BCUT2D eigenvalue weighted by atomic mass is 10.1. The number of aliphatic hydroxyl groups is 1. The molecule has 0 aliphatic carbocycles. The van der Waals surface area contributed by atoms with E-state index in [0.717, 1.165) is 28.3 Å². The maximum Gasteiger partial charge on any atom is 0.137 e. The molecule has 1 aromatic carbocycles. The molecule has 0 amide bonds. The summed E-state index contributed by atoms with van der Waals surface area (Å²) in [5, 5.41) is 11.0. The number of fused-ring (bicyclic) bond motifs is 1. The minimum atomic E-state index is -0.616. The zero-order valence-corrected chi connectivity index (χ0v) is 13.2. The number of imidazole rings is 1. The van der Waals surface area contributed by atoms with Gasteiger partial charge in [-0.05, 0) is 30.7 Å². The first-order valence-electron chi connectivity index (χ1n) is 7.14. The zero-order chi connectivity index (χ0) is 15.7. The molecule has 2 aromatic heterocycles.